The van der Waals surface area contributed by atoms with Crippen molar-refractivity contribution in [3.05, 3.63) is 0 Å². The van der Waals surface area contributed by atoms with Gasteiger partial charge >= 0.3 is 0 Å². The lowest BCUT2D eigenvalue weighted by atomic mass is 9.93. The Morgan fingerprint density at radius 1 is 0.250 bits per heavy atom. The van der Waals surface area contributed by atoms with Crippen molar-refractivity contribution in [2.75, 3.05) is 52.9 Å². The fraction of sp³-hybridized carbons (Fsp3) is 0.914. The first kappa shape index (κ1) is 85.5. The van der Waals surface area contributed by atoms with E-state index in [-0.39, 0.29) is 0 Å². The van der Waals surface area contributed by atoms with Crippen molar-refractivity contribution in [3.8, 4) is 0 Å². The second-order valence-corrected chi connectivity index (χ2v) is 26.1. The van der Waals surface area contributed by atoms with Gasteiger partial charge in [-0.05, 0) is 0 Å². The molecule has 5 amide bonds. The number of aliphatic hydroxyl groups is 21. The first-order valence-corrected chi connectivity index (χ1v) is 33.1. The smallest absolute Gasteiger partial charge is 0.217 e. The van der Waals surface area contributed by atoms with E-state index in [0.29, 0.717) is 0 Å². The summed E-state index contributed by atoms with van der Waals surface area (Å²) in [6, 6.07) is -8.74. The van der Waals surface area contributed by atoms with Crippen molar-refractivity contribution in [3.63, 3.8) is 0 Å². The number of amides is 5. The molecule has 0 spiro atoms. The molecule has 0 bridgehead atoms. The van der Waals surface area contributed by atoms with Crippen molar-refractivity contribution in [2.24, 2.45) is 0 Å². The second kappa shape index (κ2) is 37.5. The molecule has 0 aromatic carbocycles. The minimum absolute atomic E-state index is 0.777. The molecule has 40 atom stereocenters. The number of carbonyl (C=O) groups is 5. The normalized spacial score (nSPS) is 47.2. The van der Waals surface area contributed by atoms with Crippen molar-refractivity contribution < 1.29 is 202 Å². The van der Waals surface area contributed by atoms with Gasteiger partial charge in [0.25, 0.3) is 0 Å². The van der Waals surface area contributed by atoms with Gasteiger partial charge in [-0.1, -0.05) is 0 Å². The standard InChI is InChI=1S/C58H97N5O41/c1-14(70)59-27-41(84)46(23(10-68)92-51(27)89)100-55-31(63-18(5)74)42(85)47(24(11-69)97-55)101-56-45(88)48(37(80)26(98-56)13-91-57-49(43(86)35(78)22(9-67)96-57)103-53-29(61-16(3)72)39(82)33(76)20(7-65)94-53)102-58-50(104-54-30(62-17(4)73)40(83)34(77)21(8-66)95-54)44(87)36(79)25(99-58)12-90-52-28(60-15(2)71)38(81)32(75)19(6-64)93-52/h19-58,64-69,75-89H,6-13H2,1-5H3,(H,59,70)(H,60,71)(H,61,72)(H,62,73)(H,63,74)/t19-,20-,21-,22-,23-,24-,25-,26-,27-,28-,29-,30-,31-,32-,33-,34-,35-,36-,37-,38-,39-,40-,41-,42-,43+,44+,45+,46-,47-,48+,49+,50+,51?,52-,53+,54+,55+,56+,57+,58-/m1/s1. The molecule has 600 valence electrons. The molecule has 0 saturated carbocycles. The Morgan fingerprint density at radius 2 is 0.519 bits per heavy atom. The molecule has 8 fully saturated rings. The molecule has 46 nitrogen and oxygen atoms in total. The third kappa shape index (κ3) is 19.4. The maximum Gasteiger partial charge on any atom is 0.217 e. The van der Waals surface area contributed by atoms with Crippen molar-refractivity contribution in [1.29, 1.82) is 0 Å². The molecular formula is C58H97N5O41. The molecule has 8 heterocycles. The number of rotatable bonds is 27. The fourth-order valence-corrected chi connectivity index (χ4v) is 13.3. The number of nitrogens with one attached hydrogen (secondary N) is 5. The largest absolute Gasteiger partial charge is 0.394 e. The lowest BCUT2D eigenvalue weighted by Gasteiger charge is -2.51. The maximum atomic E-state index is 13.0. The van der Waals surface area contributed by atoms with Crippen LogP contribution in [0.1, 0.15) is 34.6 Å². The fourth-order valence-electron chi connectivity index (χ4n) is 13.3. The van der Waals surface area contributed by atoms with Gasteiger partial charge in [0, 0.05) is 34.6 Å². The van der Waals surface area contributed by atoms with Gasteiger partial charge in [0.2, 0.25) is 29.5 Å². The summed E-state index contributed by atoms with van der Waals surface area (Å²) >= 11 is 0. The van der Waals surface area contributed by atoms with Crippen LogP contribution in [0, 0.1) is 0 Å². The molecule has 46 heteroatoms. The van der Waals surface area contributed by atoms with E-state index in [1.807, 2.05) is 0 Å². The summed E-state index contributed by atoms with van der Waals surface area (Å²) in [5.74, 6) is -4.24. The van der Waals surface area contributed by atoms with E-state index >= 15 is 0 Å². The molecule has 104 heavy (non-hydrogen) atoms. The Hall–Kier alpha value is -4.09. The zero-order valence-corrected chi connectivity index (χ0v) is 56.3. The molecule has 8 aliphatic heterocycles. The van der Waals surface area contributed by atoms with E-state index in [1.54, 1.807) is 0 Å². The monoisotopic (exact) mass is 1520 g/mol. The van der Waals surface area contributed by atoms with E-state index in [1.165, 1.54) is 0 Å². The van der Waals surface area contributed by atoms with Crippen LogP contribution in [0.2, 0.25) is 0 Å². The van der Waals surface area contributed by atoms with E-state index in [2.05, 4.69) is 26.6 Å². The molecule has 1 unspecified atom stereocenters. The zero-order valence-electron chi connectivity index (χ0n) is 56.3. The summed E-state index contributed by atoms with van der Waals surface area (Å²) in [6.45, 7) is -3.40. The van der Waals surface area contributed by atoms with Crippen LogP contribution in [0.5, 0.6) is 0 Å². The third-order valence-electron chi connectivity index (χ3n) is 18.6. The van der Waals surface area contributed by atoms with E-state index in [4.69, 9.17) is 71.1 Å². The number of hydrogen-bond acceptors (Lipinski definition) is 41. The van der Waals surface area contributed by atoms with Gasteiger partial charge in [-0.3, -0.25) is 24.0 Å². The van der Waals surface area contributed by atoms with Gasteiger partial charge in [0.15, 0.2) is 50.3 Å². The summed E-state index contributed by atoms with van der Waals surface area (Å²) in [7, 11) is 0. The zero-order chi connectivity index (χ0) is 76.8. The van der Waals surface area contributed by atoms with Crippen LogP contribution in [0.25, 0.3) is 0 Å². The van der Waals surface area contributed by atoms with Crippen LogP contribution in [-0.2, 0) is 95.0 Å². The molecule has 8 aliphatic rings. The number of ether oxygens (including phenoxy) is 15. The predicted molar refractivity (Wildman–Crippen MR) is 322 cm³/mol. The molecule has 26 N–H and O–H groups in total. The predicted octanol–water partition coefficient (Wildman–Crippen LogP) is -17.7. The van der Waals surface area contributed by atoms with Crippen LogP contribution in [0.3, 0.4) is 0 Å². The highest BCUT2D eigenvalue weighted by Crippen LogP contribution is 2.39. The van der Waals surface area contributed by atoms with Crippen molar-refractivity contribution in [2.45, 2.75) is 280 Å². The minimum atomic E-state index is -2.57. The maximum absolute atomic E-state index is 13.0. The Kier molecular flexibility index (Phi) is 30.9. The Morgan fingerprint density at radius 3 is 0.942 bits per heavy atom. The summed E-state index contributed by atoms with van der Waals surface area (Å²) in [6.07, 6.45) is -71.9. The molecule has 0 radical (unpaired) electrons. The number of aliphatic hydroxyl groups excluding tert-OH is 21. The van der Waals surface area contributed by atoms with Crippen LogP contribution in [0.4, 0.5) is 0 Å². The topological polar surface area (TPSA) is 709 Å². The Bertz CT molecular complexity index is 2770. The molecule has 0 aromatic heterocycles. The van der Waals surface area contributed by atoms with Crippen molar-refractivity contribution in [1.82, 2.24) is 26.6 Å². The Balaban J connectivity index is 1.19. The first-order valence-electron chi connectivity index (χ1n) is 33.1. The highest BCUT2D eigenvalue weighted by molar-refractivity contribution is 5.75. The van der Waals surface area contributed by atoms with Crippen LogP contribution >= 0.6 is 0 Å². The van der Waals surface area contributed by atoms with Gasteiger partial charge in [-0.15, -0.1) is 0 Å². The van der Waals surface area contributed by atoms with E-state index in [9.17, 15) is 131 Å². The second-order valence-electron chi connectivity index (χ2n) is 26.1. The first-order chi connectivity index (χ1) is 49.1. The highest BCUT2D eigenvalue weighted by Gasteiger charge is 2.60. The number of carbonyl (C=O) groups excluding carboxylic acids is 5. The van der Waals surface area contributed by atoms with Crippen LogP contribution in [0.15, 0.2) is 0 Å². The lowest BCUT2D eigenvalue weighted by molar-refractivity contribution is -0.397. The average molecular weight is 1520 g/mol. The summed E-state index contributed by atoms with van der Waals surface area (Å²) in [5.41, 5.74) is 0. The van der Waals surface area contributed by atoms with Gasteiger partial charge in [0.05, 0.1) is 52.9 Å². The van der Waals surface area contributed by atoms with Gasteiger partial charge in [-0.2, -0.15) is 0 Å². The lowest BCUT2D eigenvalue weighted by Crippen LogP contribution is -2.70. The number of hydrogen-bond donors (Lipinski definition) is 26. The highest BCUT2D eigenvalue weighted by atomic mass is 16.8. The van der Waals surface area contributed by atoms with Crippen LogP contribution in [-0.4, -0.2) is 435 Å². The van der Waals surface area contributed by atoms with E-state index < -0.39 is 328 Å². The molecule has 0 aliphatic carbocycles. The SMILES string of the molecule is CC(=O)N[C@H]1[C@H](O[C@H]2[C@H](O)[C@@H](NC(C)=O)C(O)O[C@@H]2CO)O[C@H](CO)[C@@H](O[C@@H]2O[C@H](CO[C@H]3O[C@H](CO)[C@@H](O)[C@H](O)[C@@H]3O[C@@H]3O[C@H](CO)[C@@H](O)[C@H](O)[C@H]3NC(C)=O)[C@@H](O)[C@H](O[C@H]3O[C@H](CO[C@@H]4O[C@H](CO)[C@@H](O)[C@H](O)[C@H]4NC(C)=O)[C@@H](O)[C@H](O)[C@@H]3O[C@@H]3O[C@H](CO)[C@@H](O)[C@H](O)[C@H]3NC(C)=O)[C@@H]2O)[C@@H]1O. The minimum Gasteiger partial charge on any atom is -0.394 e. The third-order valence-corrected chi connectivity index (χ3v) is 18.6. The molecule has 0 aromatic rings. The Labute approximate surface area is 589 Å². The van der Waals surface area contributed by atoms with E-state index in [0.717, 1.165) is 34.6 Å². The van der Waals surface area contributed by atoms with Crippen molar-refractivity contribution >= 4 is 29.5 Å². The molecular weight excluding hydrogens is 1420 g/mol. The molecule has 8 rings (SSSR count). The molecule has 8 saturated heterocycles. The van der Waals surface area contributed by atoms with Crippen LogP contribution < -0.4 is 26.6 Å². The summed E-state index contributed by atoms with van der Waals surface area (Å²) in [4.78, 5) is 62.5. The van der Waals surface area contributed by atoms with Gasteiger partial charge in [0.1, 0.15) is 195 Å². The summed E-state index contributed by atoms with van der Waals surface area (Å²) in [5, 5.41) is 246. The van der Waals surface area contributed by atoms with Gasteiger partial charge in [-0.25, -0.2) is 0 Å². The van der Waals surface area contributed by atoms with Gasteiger partial charge < -0.3 is 205 Å². The quantitative estimate of drug-likeness (QED) is 0.0363. The summed E-state index contributed by atoms with van der Waals surface area (Å²) < 4.78 is 89.4. The average Bonchev–Trinajstić information content (AvgIpc) is 0.770.